The fraction of sp³-hybridized carbons (Fsp3) is 0.222. The van der Waals surface area contributed by atoms with E-state index in [2.05, 4.69) is 20.9 Å². The Morgan fingerprint density at radius 3 is 2.93 bits per heavy atom. The second kappa shape index (κ2) is 3.98. The van der Waals surface area contributed by atoms with Crippen molar-refractivity contribution in [2.24, 2.45) is 5.73 Å². The fourth-order valence-electron chi connectivity index (χ4n) is 1.21. The largest absolute Gasteiger partial charge is 0.452 e. The second-order valence-electron chi connectivity index (χ2n) is 2.95. The van der Waals surface area contributed by atoms with Crippen LogP contribution in [0.1, 0.15) is 11.5 Å². The highest BCUT2D eigenvalue weighted by molar-refractivity contribution is 9.10. The van der Waals surface area contributed by atoms with Gasteiger partial charge in [0, 0.05) is 12.7 Å². The minimum atomic E-state index is 0.467. The third kappa shape index (κ3) is 2.05. The summed E-state index contributed by atoms with van der Waals surface area (Å²) in [5, 5.41) is 0. The molecule has 0 aliphatic rings. The molecule has 0 spiro atoms. The Balaban J connectivity index is 2.10. The van der Waals surface area contributed by atoms with E-state index in [1.807, 2.05) is 22.9 Å². The van der Waals surface area contributed by atoms with Gasteiger partial charge in [-0.1, -0.05) is 0 Å². The van der Waals surface area contributed by atoms with E-state index in [1.54, 1.807) is 6.33 Å². The molecule has 14 heavy (non-hydrogen) atoms. The number of hydrogen-bond donors (Lipinski definition) is 1. The number of aromatic nitrogens is 2. The van der Waals surface area contributed by atoms with Crippen molar-refractivity contribution in [2.45, 2.75) is 13.1 Å². The Labute approximate surface area is 89.9 Å². The first kappa shape index (κ1) is 9.48. The normalized spacial score (nSPS) is 10.7. The van der Waals surface area contributed by atoms with Gasteiger partial charge in [-0.25, -0.2) is 4.98 Å². The second-order valence-corrected chi connectivity index (χ2v) is 3.73. The van der Waals surface area contributed by atoms with Crippen LogP contribution in [0.3, 0.4) is 0 Å². The Hall–Kier alpha value is -1.07. The van der Waals surface area contributed by atoms with Gasteiger partial charge in [0.25, 0.3) is 0 Å². The summed E-state index contributed by atoms with van der Waals surface area (Å²) in [4.78, 5) is 4.12. The molecule has 74 valence electrons. The SMILES string of the molecule is NCc1cn(Cc2ccc(Br)o2)cn1. The number of nitrogens with two attached hydrogens (primary N) is 1. The van der Waals surface area contributed by atoms with E-state index in [0.717, 1.165) is 16.1 Å². The van der Waals surface area contributed by atoms with Gasteiger partial charge in [-0.05, 0) is 28.1 Å². The zero-order chi connectivity index (χ0) is 9.97. The molecule has 0 aliphatic carbocycles. The van der Waals surface area contributed by atoms with Gasteiger partial charge in [0.15, 0.2) is 4.67 Å². The lowest BCUT2D eigenvalue weighted by atomic mass is 10.4. The van der Waals surface area contributed by atoms with Crippen molar-refractivity contribution in [3.05, 3.63) is 40.8 Å². The molecule has 2 aromatic rings. The third-order valence-corrected chi connectivity index (χ3v) is 2.29. The topological polar surface area (TPSA) is 57.0 Å². The molecule has 0 amide bonds. The lowest BCUT2D eigenvalue weighted by Crippen LogP contribution is -1.97. The molecule has 0 saturated carbocycles. The summed E-state index contributed by atoms with van der Waals surface area (Å²) in [5.74, 6) is 0.887. The Kier molecular flexibility index (Phi) is 2.69. The smallest absolute Gasteiger partial charge is 0.169 e. The minimum absolute atomic E-state index is 0.467. The average Bonchev–Trinajstić information content (AvgIpc) is 2.76. The number of furan rings is 1. The molecule has 0 aromatic carbocycles. The minimum Gasteiger partial charge on any atom is -0.452 e. The van der Waals surface area contributed by atoms with Crippen LogP contribution in [0.5, 0.6) is 0 Å². The number of halogens is 1. The van der Waals surface area contributed by atoms with Crippen LogP contribution in [0.25, 0.3) is 0 Å². The van der Waals surface area contributed by atoms with Gasteiger partial charge < -0.3 is 14.7 Å². The molecule has 2 rings (SSSR count). The van der Waals surface area contributed by atoms with Gasteiger partial charge in [0.05, 0.1) is 18.6 Å². The molecule has 4 nitrogen and oxygen atoms in total. The van der Waals surface area contributed by atoms with Crippen molar-refractivity contribution in [2.75, 3.05) is 0 Å². The fourth-order valence-corrected chi connectivity index (χ4v) is 1.56. The summed E-state index contributed by atoms with van der Waals surface area (Å²) in [6.07, 6.45) is 3.66. The summed E-state index contributed by atoms with van der Waals surface area (Å²) >= 11 is 3.25. The lowest BCUT2D eigenvalue weighted by Gasteiger charge is -1.96. The van der Waals surface area contributed by atoms with Crippen LogP contribution in [0.15, 0.2) is 33.7 Å². The van der Waals surface area contributed by atoms with E-state index >= 15 is 0 Å². The lowest BCUT2D eigenvalue weighted by molar-refractivity contribution is 0.474. The van der Waals surface area contributed by atoms with Crippen molar-refractivity contribution in [3.8, 4) is 0 Å². The van der Waals surface area contributed by atoms with E-state index < -0.39 is 0 Å². The molecule has 0 bridgehead atoms. The van der Waals surface area contributed by atoms with Crippen molar-refractivity contribution >= 4 is 15.9 Å². The van der Waals surface area contributed by atoms with Gasteiger partial charge in [-0.15, -0.1) is 0 Å². The highest BCUT2D eigenvalue weighted by Gasteiger charge is 2.01. The molecule has 2 heterocycles. The maximum Gasteiger partial charge on any atom is 0.169 e. The molecule has 0 radical (unpaired) electrons. The van der Waals surface area contributed by atoms with Gasteiger partial charge in [0.2, 0.25) is 0 Å². The van der Waals surface area contributed by atoms with Crippen LogP contribution in [0, 0.1) is 0 Å². The Morgan fingerprint density at radius 1 is 1.50 bits per heavy atom. The maximum absolute atomic E-state index is 5.45. The number of nitrogens with zero attached hydrogens (tertiary/aromatic N) is 2. The van der Waals surface area contributed by atoms with Crippen molar-refractivity contribution in [1.82, 2.24) is 9.55 Å². The first-order valence-electron chi connectivity index (χ1n) is 4.23. The van der Waals surface area contributed by atoms with Crippen LogP contribution in [0.4, 0.5) is 0 Å². The molecular formula is C9H10BrN3O. The standard InChI is InChI=1S/C9H10BrN3O/c10-9-2-1-8(14-9)5-13-4-7(3-11)12-6-13/h1-2,4,6H,3,5,11H2. The summed E-state index contributed by atoms with van der Waals surface area (Å²) in [6.45, 7) is 1.15. The summed E-state index contributed by atoms with van der Waals surface area (Å²) < 4.78 is 8.05. The van der Waals surface area contributed by atoms with Crippen LogP contribution < -0.4 is 5.73 Å². The predicted molar refractivity (Wildman–Crippen MR) is 55.6 cm³/mol. The molecule has 0 atom stereocenters. The summed E-state index contributed by atoms with van der Waals surface area (Å²) in [6, 6.07) is 3.79. The zero-order valence-electron chi connectivity index (χ0n) is 7.48. The first-order chi connectivity index (χ1) is 6.78. The molecular weight excluding hydrogens is 246 g/mol. The van der Waals surface area contributed by atoms with E-state index in [9.17, 15) is 0 Å². The molecule has 5 heteroatoms. The van der Waals surface area contributed by atoms with E-state index in [4.69, 9.17) is 10.2 Å². The molecule has 0 fully saturated rings. The van der Waals surface area contributed by atoms with Crippen LogP contribution in [-0.2, 0) is 13.1 Å². The summed E-state index contributed by atoms with van der Waals surface area (Å²) in [7, 11) is 0. The number of rotatable bonds is 3. The zero-order valence-corrected chi connectivity index (χ0v) is 9.07. The van der Waals surface area contributed by atoms with Crippen LogP contribution in [-0.4, -0.2) is 9.55 Å². The maximum atomic E-state index is 5.45. The van der Waals surface area contributed by atoms with E-state index in [0.29, 0.717) is 13.1 Å². The highest BCUT2D eigenvalue weighted by atomic mass is 79.9. The van der Waals surface area contributed by atoms with Gasteiger partial charge in [0.1, 0.15) is 5.76 Å². The van der Waals surface area contributed by atoms with Crippen molar-refractivity contribution in [1.29, 1.82) is 0 Å². The van der Waals surface area contributed by atoms with Gasteiger partial charge in [-0.3, -0.25) is 0 Å². The third-order valence-electron chi connectivity index (χ3n) is 1.86. The monoisotopic (exact) mass is 255 g/mol. The molecule has 0 saturated heterocycles. The van der Waals surface area contributed by atoms with Gasteiger partial charge >= 0.3 is 0 Å². The number of imidazole rings is 1. The highest BCUT2D eigenvalue weighted by Crippen LogP contribution is 2.14. The Bertz CT molecular complexity index is 421. The molecule has 2 aromatic heterocycles. The Morgan fingerprint density at radius 2 is 2.36 bits per heavy atom. The van der Waals surface area contributed by atoms with Crippen LogP contribution in [0.2, 0.25) is 0 Å². The molecule has 0 unspecified atom stereocenters. The predicted octanol–water partition coefficient (Wildman–Crippen LogP) is 1.75. The number of hydrogen-bond acceptors (Lipinski definition) is 3. The van der Waals surface area contributed by atoms with Crippen LogP contribution >= 0.6 is 15.9 Å². The van der Waals surface area contributed by atoms with Gasteiger partial charge in [-0.2, -0.15) is 0 Å². The summed E-state index contributed by atoms with van der Waals surface area (Å²) in [5.41, 5.74) is 6.34. The van der Waals surface area contributed by atoms with Crippen molar-refractivity contribution < 1.29 is 4.42 Å². The average molecular weight is 256 g/mol. The molecule has 0 aliphatic heterocycles. The van der Waals surface area contributed by atoms with E-state index in [-0.39, 0.29) is 0 Å². The quantitative estimate of drug-likeness (QED) is 0.910. The molecule has 2 N–H and O–H groups in total. The van der Waals surface area contributed by atoms with E-state index in [1.165, 1.54) is 0 Å². The first-order valence-corrected chi connectivity index (χ1v) is 5.02. The van der Waals surface area contributed by atoms with Crippen molar-refractivity contribution in [3.63, 3.8) is 0 Å².